The van der Waals surface area contributed by atoms with Gasteiger partial charge in [0.2, 0.25) is 0 Å². The van der Waals surface area contributed by atoms with Crippen LogP contribution in [0.1, 0.15) is 31.5 Å². The number of nitrogens with zero attached hydrogens (tertiary/aromatic N) is 2. The molecule has 1 unspecified atom stereocenters. The Balaban J connectivity index is 2.15. The molecule has 1 aliphatic carbocycles. The van der Waals surface area contributed by atoms with E-state index >= 15 is 0 Å². The van der Waals surface area contributed by atoms with Gasteiger partial charge in [0.05, 0.1) is 31.2 Å². The molecule has 2 heterocycles. The van der Waals surface area contributed by atoms with Gasteiger partial charge >= 0.3 is 0 Å². The summed E-state index contributed by atoms with van der Waals surface area (Å²) in [5, 5.41) is 9.23. The molecule has 5 heteroatoms. The molecule has 0 radical (unpaired) electrons. The number of rotatable bonds is 1. The molecular weight excluding hydrogens is 268 g/mol. The van der Waals surface area contributed by atoms with Gasteiger partial charge in [-0.15, -0.1) is 0 Å². The van der Waals surface area contributed by atoms with Gasteiger partial charge in [-0.25, -0.2) is 0 Å². The summed E-state index contributed by atoms with van der Waals surface area (Å²) in [6.45, 7) is 4.08. The molecule has 1 spiro atoms. The summed E-state index contributed by atoms with van der Waals surface area (Å²) in [7, 11) is 1.59. The number of hydrogen-bond donors (Lipinski definition) is 0. The van der Waals surface area contributed by atoms with Crippen LogP contribution >= 0.6 is 0 Å². The van der Waals surface area contributed by atoms with Crippen LogP contribution < -0.4 is 4.74 Å². The molecule has 1 aromatic rings. The predicted molar refractivity (Wildman–Crippen MR) is 74.4 cm³/mol. The van der Waals surface area contributed by atoms with E-state index in [9.17, 15) is 10.1 Å². The lowest BCUT2D eigenvalue weighted by molar-refractivity contribution is -0.129. The number of fused-ring (bicyclic) bond motifs is 2. The first-order chi connectivity index (χ1) is 9.92. The maximum atomic E-state index is 12.2. The molecule has 3 rings (SSSR count). The Kier molecular flexibility index (Phi) is 2.89. The molecule has 2 aliphatic rings. The number of allylic oxidation sites excluding steroid dienone is 1. The number of hydrogen-bond acceptors (Lipinski definition) is 5. The second kappa shape index (κ2) is 4.40. The van der Waals surface area contributed by atoms with Crippen LogP contribution in [0.5, 0.6) is 5.75 Å². The van der Waals surface area contributed by atoms with Crippen LogP contribution in [0.2, 0.25) is 0 Å². The van der Waals surface area contributed by atoms with Crippen molar-refractivity contribution in [2.24, 2.45) is 5.41 Å². The van der Waals surface area contributed by atoms with Crippen molar-refractivity contribution < 1.29 is 14.3 Å². The number of ether oxygens (including phenoxy) is 2. The van der Waals surface area contributed by atoms with Crippen LogP contribution in [0, 0.1) is 16.7 Å². The summed E-state index contributed by atoms with van der Waals surface area (Å²) < 4.78 is 11.1. The highest BCUT2D eigenvalue weighted by Crippen LogP contribution is 2.49. The smallest absolute Gasteiger partial charge is 0.178 e. The van der Waals surface area contributed by atoms with Crippen molar-refractivity contribution in [2.75, 3.05) is 7.11 Å². The Morgan fingerprint density at radius 3 is 2.90 bits per heavy atom. The summed E-state index contributed by atoms with van der Waals surface area (Å²) in [6, 6.07) is 3.88. The maximum absolute atomic E-state index is 12.2. The Morgan fingerprint density at radius 1 is 1.48 bits per heavy atom. The first kappa shape index (κ1) is 13.8. The van der Waals surface area contributed by atoms with Crippen molar-refractivity contribution in [2.45, 2.75) is 32.5 Å². The Hall–Kier alpha value is -2.19. The van der Waals surface area contributed by atoms with E-state index in [1.807, 2.05) is 26.0 Å². The fraction of sp³-hybridized carbons (Fsp3) is 0.438. The molecule has 5 nitrogen and oxygen atoms in total. The van der Waals surface area contributed by atoms with Crippen LogP contribution in [0.4, 0.5) is 0 Å². The molecule has 21 heavy (non-hydrogen) atoms. The maximum Gasteiger partial charge on any atom is 0.178 e. The number of aromatic nitrogens is 1. The first-order valence-corrected chi connectivity index (χ1v) is 6.77. The van der Waals surface area contributed by atoms with Gasteiger partial charge in [-0.05, 0) is 18.6 Å². The number of carbonyl (C=O) groups is 1. The van der Waals surface area contributed by atoms with E-state index < -0.39 is 11.0 Å². The number of carbonyl (C=O) groups excluding carboxylic acids is 1. The highest BCUT2D eigenvalue weighted by molar-refractivity contribution is 6.04. The van der Waals surface area contributed by atoms with Crippen LogP contribution in [0.3, 0.4) is 0 Å². The summed E-state index contributed by atoms with van der Waals surface area (Å²) in [5.41, 5.74) is 0.425. The average Bonchev–Trinajstić information content (AvgIpc) is 2.80. The number of pyridine rings is 1. The van der Waals surface area contributed by atoms with Gasteiger partial charge in [-0.3, -0.25) is 9.78 Å². The number of ketones is 1. The second-order valence-corrected chi connectivity index (χ2v) is 6.12. The molecule has 1 aliphatic heterocycles. The normalized spacial score (nSPS) is 26.2. The minimum atomic E-state index is -0.788. The molecule has 0 saturated carbocycles. The van der Waals surface area contributed by atoms with E-state index in [4.69, 9.17) is 9.47 Å². The Labute approximate surface area is 123 Å². The zero-order valence-corrected chi connectivity index (χ0v) is 12.3. The lowest BCUT2D eigenvalue weighted by atomic mass is 9.69. The topological polar surface area (TPSA) is 72.2 Å². The zero-order chi connectivity index (χ0) is 15.3. The van der Waals surface area contributed by atoms with Crippen LogP contribution in [-0.4, -0.2) is 17.9 Å². The molecule has 108 valence electrons. The quantitative estimate of drug-likeness (QED) is 0.791. The third kappa shape index (κ3) is 1.95. The molecule has 0 saturated heterocycles. The molecule has 0 N–H and O–H groups in total. The van der Waals surface area contributed by atoms with Gasteiger partial charge in [0.1, 0.15) is 17.4 Å². The molecule has 1 aromatic heterocycles. The molecule has 0 amide bonds. The van der Waals surface area contributed by atoms with Gasteiger partial charge in [0, 0.05) is 11.0 Å². The summed E-state index contributed by atoms with van der Waals surface area (Å²) in [4.78, 5) is 16.7. The SMILES string of the molecule is COc1cnc2c(c1)COC21C=C(C#N)C(=O)C(C)(C)C1. The Bertz CT molecular complexity index is 700. The van der Waals surface area contributed by atoms with Crippen molar-refractivity contribution in [1.29, 1.82) is 5.26 Å². The fourth-order valence-electron chi connectivity index (χ4n) is 3.14. The molecular formula is C16H16N2O3. The summed E-state index contributed by atoms with van der Waals surface area (Å²) in [5.74, 6) is 0.534. The van der Waals surface area contributed by atoms with Crippen molar-refractivity contribution in [1.82, 2.24) is 4.98 Å². The van der Waals surface area contributed by atoms with Crippen molar-refractivity contribution in [3.05, 3.63) is 35.2 Å². The van der Waals surface area contributed by atoms with Gasteiger partial charge < -0.3 is 9.47 Å². The van der Waals surface area contributed by atoms with Crippen molar-refractivity contribution >= 4 is 5.78 Å². The Morgan fingerprint density at radius 2 is 2.24 bits per heavy atom. The lowest BCUT2D eigenvalue weighted by Crippen LogP contribution is -2.41. The van der Waals surface area contributed by atoms with Crippen molar-refractivity contribution in [3.63, 3.8) is 0 Å². The molecule has 1 atom stereocenters. The van der Waals surface area contributed by atoms with E-state index in [2.05, 4.69) is 4.98 Å². The average molecular weight is 284 g/mol. The second-order valence-electron chi connectivity index (χ2n) is 6.12. The monoisotopic (exact) mass is 284 g/mol. The fourth-order valence-corrected chi connectivity index (χ4v) is 3.14. The third-order valence-electron chi connectivity index (χ3n) is 4.13. The van der Waals surface area contributed by atoms with Gasteiger partial charge in [-0.2, -0.15) is 5.26 Å². The van der Waals surface area contributed by atoms with E-state index in [1.165, 1.54) is 0 Å². The van der Waals surface area contributed by atoms with Crippen LogP contribution in [-0.2, 0) is 21.7 Å². The van der Waals surface area contributed by atoms with Gasteiger partial charge in [0.25, 0.3) is 0 Å². The van der Waals surface area contributed by atoms with E-state index in [0.29, 0.717) is 18.8 Å². The summed E-state index contributed by atoms with van der Waals surface area (Å²) >= 11 is 0. The van der Waals surface area contributed by atoms with E-state index in [0.717, 1.165) is 11.3 Å². The third-order valence-corrected chi connectivity index (χ3v) is 4.13. The summed E-state index contributed by atoms with van der Waals surface area (Å²) in [6.07, 6.45) is 3.75. The molecule has 0 fully saturated rings. The molecule has 0 bridgehead atoms. The van der Waals surface area contributed by atoms with Gasteiger partial charge in [-0.1, -0.05) is 13.8 Å². The zero-order valence-electron chi connectivity index (χ0n) is 12.3. The number of Topliss-reactive ketones (excluding diaryl/α,β-unsaturated/α-hetero) is 1. The number of nitriles is 1. The minimum Gasteiger partial charge on any atom is -0.495 e. The first-order valence-electron chi connectivity index (χ1n) is 6.77. The van der Waals surface area contributed by atoms with Crippen LogP contribution in [0.25, 0.3) is 0 Å². The standard InChI is InChI=1S/C16H16N2O3/c1-15(2)9-16(5-11(6-17)14(15)19)13-10(8-21-16)4-12(20-3)7-18-13/h4-5,7H,8-9H2,1-3H3. The minimum absolute atomic E-state index is 0.138. The largest absolute Gasteiger partial charge is 0.495 e. The molecule has 0 aromatic carbocycles. The van der Waals surface area contributed by atoms with Gasteiger partial charge in [0.15, 0.2) is 5.78 Å². The highest BCUT2D eigenvalue weighted by atomic mass is 16.5. The number of methoxy groups -OCH3 is 1. The van der Waals surface area contributed by atoms with Crippen LogP contribution in [0.15, 0.2) is 23.9 Å². The van der Waals surface area contributed by atoms with E-state index in [1.54, 1.807) is 19.4 Å². The highest BCUT2D eigenvalue weighted by Gasteiger charge is 2.50. The van der Waals surface area contributed by atoms with Crippen molar-refractivity contribution in [3.8, 4) is 11.8 Å². The lowest BCUT2D eigenvalue weighted by Gasteiger charge is -2.37. The predicted octanol–water partition coefficient (Wildman–Crippen LogP) is 2.26. The van der Waals surface area contributed by atoms with E-state index in [-0.39, 0.29) is 11.4 Å².